The molecule has 1 aliphatic heterocycles. The Morgan fingerprint density at radius 3 is 2.13 bits per heavy atom. The summed E-state index contributed by atoms with van der Waals surface area (Å²) in [6, 6.07) is 18.1. The van der Waals surface area contributed by atoms with Crippen LogP contribution in [-0.2, 0) is 9.59 Å². The molecule has 1 atom stereocenters. The quantitative estimate of drug-likeness (QED) is 0.387. The van der Waals surface area contributed by atoms with E-state index in [2.05, 4.69) is 4.98 Å². The van der Waals surface area contributed by atoms with Crippen LogP contribution in [0.3, 0.4) is 0 Å². The number of anilines is 1. The Labute approximate surface area is 179 Å². The smallest absolute Gasteiger partial charge is 0.300 e. The molecule has 0 bridgehead atoms. The molecule has 1 fully saturated rings. The second-order valence-corrected chi connectivity index (χ2v) is 6.80. The molecule has 0 aliphatic carbocycles. The topological polar surface area (TPSA) is 89.0 Å². The molecule has 1 amide bonds. The number of carbonyl (C=O) groups is 2. The van der Waals surface area contributed by atoms with Crippen molar-refractivity contribution in [1.82, 2.24) is 4.98 Å². The Balaban J connectivity index is 2.00. The van der Waals surface area contributed by atoms with Crippen LogP contribution in [0.15, 0.2) is 78.5 Å². The lowest BCUT2D eigenvalue weighted by Crippen LogP contribution is -2.29. The van der Waals surface area contributed by atoms with Crippen LogP contribution in [0.5, 0.6) is 11.5 Å². The number of hydrogen-bond donors (Lipinski definition) is 1. The molecule has 0 radical (unpaired) electrons. The van der Waals surface area contributed by atoms with Crippen LogP contribution in [-0.4, -0.2) is 36.0 Å². The summed E-state index contributed by atoms with van der Waals surface area (Å²) in [5.41, 5.74) is 1.07. The Morgan fingerprint density at radius 1 is 0.903 bits per heavy atom. The first-order valence-corrected chi connectivity index (χ1v) is 9.56. The number of hydrogen-bond acceptors (Lipinski definition) is 6. The molecular formula is C24H20N2O5. The molecule has 2 aromatic carbocycles. The molecule has 0 saturated carbocycles. The standard InChI is InChI=1S/C24H20N2O5/c1-30-17-12-8-13-18(31-2)19(17)22(27)20-21(16-11-6-7-14-25-16)26(24(29)23(20)28)15-9-4-3-5-10-15/h3-14,21,27H,1-2H3/b22-20+. The molecule has 3 aromatic rings. The van der Waals surface area contributed by atoms with Crippen molar-refractivity contribution in [2.75, 3.05) is 19.1 Å². The number of amides is 1. The number of rotatable bonds is 5. The van der Waals surface area contributed by atoms with Gasteiger partial charge in [0.1, 0.15) is 28.9 Å². The monoisotopic (exact) mass is 416 g/mol. The Kier molecular flexibility index (Phi) is 5.41. The summed E-state index contributed by atoms with van der Waals surface area (Å²) in [6.07, 6.45) is 1.57. The third kappa shape index (κ3) is 3.40. The number of pyridine rings is 1. The maximum absolute atomic E-state index is 13.2. The summed E-state index contributed by atoms with van der Waals surface area (Å²) in [6.45, 7) is 0. The second kappa shape index (κ2) is 8.31. The number of ether oxygens (including phenoxy) is 2. The van der Waals surface area contributed by atoms with E-state index in [9.17, 15) is 14.7 Å². The van der Waals surface area contributed by atoms with Crippen molar-refractivity contribution in [3.63, 3.8) is 0 Å². The average Bonchev–Trinajstić information content (AvgIpc) is 3.09. The molecule has 7 nitrogen and oxygen atoms in total. The maximum Gasteiger partial charge on any atom is 0.300 e. The molecule has 0 spiro atoms. The number of nitrogens with zero attached hydrogens (tertiary/aromatic N) is 2. The van der Waals surface area contributed by atoms with Crippen molar-refractivity contribution in [1.29, 1.82) is 0 Å². The fourth-order valence-corrected chi connectivity index (χ4v) is 3.72. The highest BCUT2D eigenvalue weighted by molar-refractivity contribution is 6.51. The van der Waals surface area contributed by atoms with Gasteiger partial charge in [0.15, 0.2) is 0 Å². The van der Waals surface area contributed by atoms with Gasteiger partial charge < -0.3 is 14.6 Å². The normalized spacial score (nSPS) is 17.6. The summed E-state index contributed by atoms with van der Waals surface area (Å²) in [5.74, 6) is -1.34. The Hall–Kier alpha value is -4.13. The first-order chi connectivity index (χ1) is 15.1. The van der Waals surface area contributed by atoms with Crippen LogP contribution < -0.4 is 14.4 Å². The molecule has 2 heterocycles. The lowest BCUT2D eigenvalue weighted by molar-refractivity contribution is -0.132. The molecule has 156 valence electrons. The van der Waals surface area contributed by atoms with Gasteiger partial charge in [0.2, 0.25) is 0 Å². The van der Waals surface area contributed by atoms with Crippen molar-refractivity contribution in [2.45, 2.75) is 6.04 Å². The van der Waals surface area contributed by atoms with Crippen LogP contribution in [0.1, 0.15) is 17.3 Å². The van der Waals surface area contributed by atoms with Crippen molar-refractivity contribution in [3.05, 3.63) is 89.8 Å². The van der Waals surface area contributed by atoms with Gasteiger partial charge in [-0.3, -0.25) is 19.5 Å². The van der Waals surface area contributed by atoms with E-state index in [1.165, 1.54) is 19.1 Å². The second-order valence-electron chi connectivity index (χ2n) is 6.80. The third-order valence-electron chi connectivity index (χ3n) is 5.11. The van der Waals surface area contributed by atoms with Crippen LogP contribution in [0.4, 0.5) is 5.69 Å². The summed E-state index contributed by atoms with van der Waals surface area (Å²) in [5, 5.41) is 11.3. The lowest BCUT2D eigenvalue weighted by Gasteiger charge is -2.24. The number of ketones is 1. The first kappa shape index (κ1) is 20.2. The fraction of sp³-hybridized carbons (Fsp3) is 0.125. The molecule has 1 aliphatic rings. The van der Waals surface area contributed by atoms with Gasteiger partial charge in [0.25, 0.3) is 11.7 Å². The van der Waals surface area contributed by atoms with Crippen LogP contribution in [0.25, 0.3) is 5.76 Å². The predicted octanol–water partition coefficient (Wildman–Crippen LogP) is 3.73. The average molecular weight is 416 g/mol. The van der Waals surface area contributed by atoms with E-state index in [1.807, 2.05) is 6.07 Å². The van der Waals surface area contributed by atoms with E-state index in [0.29, 0.717) is 22.9 Å². The molecule has 7 heteroatoms. The first-order valence-electron chi connectivity index (χ1n) is 9.56. The van der Waals surface area contributed by atoms with E-state index < -0.39 is 17.7 Å². The zero-order valence-corrected chi connectivity index (χ0v) is 17.0. The highest BCUT2D eigenvalue weighted by Crippen LogP contribution is 2.44. The molecule has 1 aromatic heterocycles. The number of aliphatic hydroxyl groups is 1. The van der Waals surface area contributed by atoms with E-state index >= 15 is 0 Å². The predicted molar refractivity (Wildman–Crippen MR) is 115 cm³/mol. The molecular weight excluding hydrogens is 396 g/mol. The summed E-state index contributed by atoms with van der Waals surface area (Å²) in [7, 11) is 2.90. The van der Waals surface area contributed by atoms with Crippen molar-refractivity contribution < 1.29 is 24.2 Å². The third-order valence-corrected chi connectivity index (χ3v) is 5.11. The number of methoxy groups -OCH3 is 2. The minimum absolute atomic E-state index is 0.0876. The number of Topliss-reactive ketones (excluding diaryl/α,β-unsaturated/α-hetero) is 1. The molecule has 1 unspecified atom stereocenters. The largest absolute Gasteiger partial charge is 0.506 e. The summed E-state index contributed by atoms with van der Waals surface area (Å²) in [4.78, 5) is 32.0. The molecule has 1 saturated heterocycles. The van der Waals surface area contributed by atoms with Gasteiger partial charge >= 0.3 is 0 Å². The van der Waals surface area contributed by atoms with E-state index in [1.54, 1.807) is 66.9 Å². The summed E-state index contributed by atoms with van der Waals surface area (Å²) >= 11 is 0. The van der Waals surface area contributed by atoms with Gasteiger partial charge in [0, 0.05) is 11.9 Å². The molecule has 4 rings (SSSR count). The highest BCUT2D eigenvalue weighted by Gasteiger charge is 2.48. The fourth-order valence-electron chi connectivity index (χ4n) is 3.72. The highest BCUT2D eigenvalue weighted by atomic mass is 16.5. The minimum atomic E-state index is -0.918. The van der Waals surface area contributed by atoms with Crippen LogP contribution in [0.2, 0.25) is 0 Å². The summed E-state index contributed by atoms with van der Waals surface area (Å²) < 4.78 is 10.8. The Bertz CT molecular complexity index is 1140. The minimum Gasteiger partial charge on any atom is -0.506 e. The van der Waals surface area contributed by atoms with Crippen molar-refractivity contribution in [2.24, 2.45) is 0 Å². The van der Waals surface area contributed by atoms with Gasteiger partial charge in [-0.1, -0.05) is 30.3 Å². The zero-order valence-electron chi connectivity index (χ0n) is 17.0. The number of carbonyl (C=O) groups excluding carboxylic acids is 2. The molecule has 31 heavy (non-hydrogen) atoms. The number of benzene rings is 2. The van der Waals surface area contributed by atoms with Gasteiger partial charge in [-0.2, -0.15) is 0 Å². The van der Waals surface area contributed by atoms with Gasteiger partial charge in [-0.25, -0.2) is 0 Å². The Morgan fingerprint density at radius 2 is 1.55 bits per heavy atom. The number of aliphatic hydroxyl groups excluding tert-OH is 1. The van der Waals surface area contributed by atoms with E-state index in [-0.39, 0.29) is 16.9 Å². The lowest BCUT2D eigenvalue weighted by atomic mass is 9.97. The van der Waals surface area contributed by atoms with E-state index in [0.717, 1.165) is 0 Å². The SMILES string of the molecule is COc1cccc(OC)c1/C(O)=C1\C(=O)C(=O)N(c2ccccc2)C1c1ccccn1. The van der Waals surface area contributed by atoms with Gasteiger partial charge in [-0.15, -0.1) is 0 Å². The van der Waals surface area contributed by atoms with Crippen molar-refractivity contribution >= 4 is 23.1 Å². The van der Waals surface area contributed by atoms with Crippen LogP contribution >= 0.6 is 0 Å². The number of para-hydroxylation sites is 1. The van der Waals surface area contributed by atoms with E-state index in [4.69, 9.17) is 9.47 Å². The van der Waals surface area contributed by atoms with Gasteiger partial charge in [0.05, 0.1) is 25.5 Å². The number of aromatic nitrogens is 1. The molecule has 1 N–H and O–H groups in total. The maximum atomic E-state index is 13.2. The van der Waals surface area contributed by atoms with Crippen LogP contribution in [0, 0.1) is 0 Å². The zero-order chi connectivity index (χ0) is 22.0. The van der Waals surface area contributed by atoms with Gasteiger partial charge in [-0.05, 0) is 36.4 Å². The van der Waals surface area contributed by atoms with Crippen molar-refractivity contribution in [3.8, 4) is 11.5 Å².